The number of primary amides is 1. The number of benzene rings is 1. The predicted octanol–water partition coefficient (Wildman–Crippen LogP) is 1.50. The molecule has 6 heteroatoms. The third-order valence-electron chi connectivity index (χ3n) is 4.90. The van der Waals surface area contributed by atoms with Crippen molar-refractivity contribution >= 4 is 23.6 Å². The molecule has 5 nitrogen and oxygen atoms in total. The Kier molecular flexibility index (Phi) is 5.79. The lowest BCUT2D eigenvalue weighted by atomic mass is 9.95. The van der Waals surface area contributed by atoms with Gasteiger partial charge in [0.25, 0.3) is 0 Å². The molecule has 0 aromatic heterocycles. The number of carbonyl (C=O) groups is 2. The van der Waals surface area contributed by atoms with Gasteiger partial charge in [0.05, 0.1) is 5.92 Å². The van der Waals surface area contributed by atoms with Crippen LogP contribution in [0.15, 0.2) is 30.3 Å². The number of thioether (sulfide) groups is 1. The van der Waals surface area contributed by atoms with Crippen molar-refractivity contribution < 1.29 is 9.59 Å². The SMILES string of the molecule is NC(=O)[C@@H]1CCCN(C(=O)[C@@H](c2ccccc2)N2CCSCC2)C1. The van der Waals surface area contributed by atoms with Crippen molar-refractivity contribution in [1.29, 1.82) is 0 Å². The van der Waals surface area contributed by atoms with E-state index in [0.29, 0.717) is 13.1 Å². The zero-order chi connectivity index (χ0) is 16.9. The van der Waals surface area contributed by atoms with Crippen molar-refractivity contribution in [2.45, 2.75) is 18.9 Å². The van der Waals surface area contributed by atoms with Crippen molar-refractivity contribution in [1.82, 2.24) is 9.80 Å². The Bertz CT molecular complexity index is 575. The zero-order valence-electron chi connectivity index (χ0n) is 13.9. The third kappa shape index (κ3) is 3.92. The summed E-state index contributed by atoms with van der Waals surface area (Å²) in [5, 5.41) is 0. The van der Waals surface area contributed by atoms with Gasteiger partial charge in [0.2, 0.25) is 11.8 Å². The summed E-state index contributed by atoms with van der Waals surface area (Å²) in [5.41, 5.74) is 6.51. The molecule has 0 radical (unpaired) electrons. The number of rotatable bonds is 4. The van der Waals surface area contributed by atoms with Crippen LogP contribution in [0.2, 0.25) is 0 Å². The molecular weight excluding hydrogens is 322 g/mol. The lowest BCUT2D eigenvalue weighted by Crippen LogP contribution is -2.50. The highest BCUT2D eigenvalue weighted by molar-refractivity contribution is 7.99. The molecule has 24 heavy (non-hydrogen) atoms. The third-order valence-corrected chi connectivity index (χ3v) is 5.84. The minimum Gasteiger partial charge on any atom is -0.369 e. The van der Waals surface area contributed by atoms with Crippen molar-refractivity contribution in [2.24, 2.45) is 11.7 Å². The van der Waals surface area contributed by atoms with Gasteiger partial charge in [-0.15, -0.1) is 0 Å². The lowest BCUT2D eigenvalue weighted by molar-refractivity contribution is -0.140. The van der Waals surface area contributed by atoms with Crippen LogP contribution in [0.3, 0.4) is 0 Å². The van der Waals surface area contributed by atoms with E-state index in [1.807, 2.05) is 47.0 Å². The van der Waals surface area contributed by atoms with Gasteiger partial charge < -0.3 is 10.6 Å². The molecule has 0 saturated carbocycles. The summed E-state index contributed by atoms with van der Waals surface area (Å²) >= 11 is 1.94. The van der Waals surface area contributed by atoms with Gasteiger partial charge in [-0.25, -0.2) is 0 Å². The first-order valence-corrected chi connectivity index (χ1v) is 9.77. The van der Waals surface area contributed by atoms with Crippen LogP contribution in [-0.4, -0.2) is 59.3 Å². The van der Waals surface area contributed by atoms with Crippen molar-refractivity contribution in [3.8, 4) is 0 Å². The summed E-state index contributed by atoms with van der Waals surface area (Å²) < 4.78 is 0. The molecule has 0 bridgehead atoms. The molecule has 0 aliphatic carbocycles. The van der Waals surface area contributed by atoms with Gasteiger partial charge in [-0.1, -0.05) is 30.3 Å². The van der Waals surface area contributed by atoms with Crippen LogP contribution in [-0.2, 0) is 9.59 Å². The van der Waals surface area contributed by atoms with E-state index in [2.05, 4.69) is 4.90 Å². The fraction of sp³-hybridized carbons (Fsp3) is 0.556. The Morgan fingerprint density at radius 1 is 1.12 bits per heavy atom. The van der Waals surface area contributed by atoms with Crippen LogP contribution in [0.4, 0.5) is 0 Å². The van der Waals surface area contributed by atoms with Crippen molar-refractivity contribution in [3.63, 3.8) is 0 Å². The van der Waals surface area contributed by atoms with E-state index in [1.165, 1.54) is 0 Å². The zero-order valence-corrected chi connectivity index (χ0v) is 14.7. The second kappa shape index (κ2) is 8.03. The first-order chi connectivity index (χ1) is 11.7. The van der Waals surface area contributed by atoms with Crippen LogP contribution in [0.5, 0.6) is 0 Å². The molecule has 2 aliphatic rings. The standard InChI is InChI=1S/C18H25N3O2S/c19-17(22)15-7-4-8-21(13-15)18(23)16(14-5-2-1-3-6-14)20-9-11-24-12-10-20/h1-3,5-6,15-16H,4,7-13H2,(H2,19,22)/t15-,16-/m1/s1. The van der Waals surface area contributed by atoms with E-state index in [9.17, 15) is 9.59 Å². The van der Waals surface area contributed by atoms with Crippen LogP contribution >= 0.6 is 11.8 Å². The summed E-state index contributed by atoms with van der Waals surface area (Å²) in [6.07, 6.45) is 1.63. The number of nitrogens with two attached hydrogens (primary N) is 1. The maximum absolute atomic E-state index is 13.3. The molecule has 0 spiro atoms. The number of likely N-dealkylation sites (tertiary alicyclic amines) is 1. The van der Waals surface area contributed by atoms with E-state index in [0.717, 1.165) is 43.0 Å². The molecule has 2 N–H and O–H groups in total. The molecule has 2 heterocycles. The molecule has 2 fully saturated rings. The average molecular weight is 347 g/mol. The first-order valence-electron chi connectivity index (χ1n) is 8.61. The number of carbonyl (C=O) groups excluding carboxylic acids is 2. The second-order valence-corrected chi connectivity index (χ2v) is 7.71. The van der Waals surface area contributed by atoms with Gasteiger partial charge in [0.15, 0.2) is 0 Å². The summed E-state index contributed by atoms with van der Waals surface area (Å²) in [4.78, 5) is 29.0. The molecule has 2 amide bonds. The van der Waals surface area contributed by atoms with Crippen molar-refractivity contribution in [2.75, 3.05) is 37.7 Å². The topological polar surface area (TPSA) is 66.6 Å². The van der Waals surface area contributed by atoms with Gasteiger partial charge in [-0.3, -0.25) is 14.5 Å². The predicted molar refractivity (Wildman–Crippen MR) is 96.6 cm³/mol. The van der Waals surface area contributed by atoms with E-state index >= 15 is 0 Å². The molecule has 130 valence electrons. The van der Waals surface area contributed by atoms with Gasteiger partial charge in [0, 0.05) is 37.7 Å². The normalized spacial score (nSPS) is 23.7. The molecule has 2 atom stereocenters. The van der Waals surface area contributed by atoms with E-state index in [1.54, 1.807) is 0 Å². The van der Waals surface area contributed by atoms with E-state index in [-0.39, 0.29) is 23.8 Å². The van der Waals surface area contributed by atoms with E-state index < -0.39 is 0 Å². The van der Waals surface area contributed by atoms with Crippen molar-refractivity contribution in [3.05, 3.63) is 35.9 Å². The summed E-state index contributed by atoms with van der Waals surface area (Å²) in [7, 11) is 0. The van der Waals surface area contributed by atoms with E-state index in [4.69, 9.17) is 5.73 Å². The molecular formula is C18H25N3O2S. The first kappa shape index (κ1) is 17.3. The molecule has 3 rings (SSSR count). The largest absolute Gasteiger partial charge is 0.369 e. The van der Waals surface area contributed by atoms with Gasteiger partial charge in [-0.2, -0.15) is 11.8 Å². The Morgan fingerprint density at radius 3 is 2.50 bits per heavy atom. The number of piperidine rings is 1. The average Bonchev–Trinajstić information content (AvgIpc) is 2.64. The molecule has 2 saturated heterocycles. The summed E-state index contributed by atoms with van der Waals surface area (Å²) in [6, 6.07) is 9.74. The van der Waals surface area contributed by atoms with Crippen LogP contribution < -0.4 is 5.73 Å². The number of nitrogens with zero attached hydrogens (tertiary/aromatic N) is 2. The fourth-order valence-corrected chi connectivity index (χ4v) is 4.49. The smallest absolute Gasteiger partial charge is 0.244 e. The van der Waals surface area contributed by atoms with Gasteiger partial charge in [-0.05, 0) is 18.4 Å². The number of amides is 2. The van der Waals surface area contributed by atoms with Crippen LogP contribution in [0, 0.1) is 5.92 Å². The Morgan fingerprint density at radius 2 is 1.83 bits per heavy atom. The number of hydrogen-bond donors (Lipinski definition) is 1. The van der Waals surface area contributed by atoms with Gasteiger partial charge in [0.1, 0.15) is 6.04 Å². The van der Waals surface area contributed by atoms with Gasteiger partial charge >= 0.3 is 0 Å². The highest BCUT2D eigenvalue weighted by atomic mass is 32.2. The lowest BCUT2D eigenvalue weighted by Gasteiger charge is -2.39. The second-order valence-electron chi connectivity index (χ2n) is 6.49. The fourth-order valence-electron chi connectivity index (χ4n) is 3.56. The minimum absolute atomic E-state index is 0.110. The Labute approximate surface area is 147 Å². The summed E-state index contributed by atoms with van der Waals surface area (Å²) in [6.45, 7) is 3.01. The molecule has 1 aromatic carbocycles. The van der Waals surface area contributed by atoms with Crippen LogP contribution in [0.1, 0.15) is 24.4 Å². The number of hydrogen-bond acceptors (Lipinski definition) is 4. The monoisotopic (exact) mass is 347 g/mol. The Balaban J connectivity index is 1.81. The highest BCUT2D eigenvalue weighted by Crippen LogP contribution is 2.28. The molecule has 0 unspecified atom stereocenters. The molecule has 1 aromatic rings. The molecule has 2 aliphatic heterocycles. The maximum atomic E-state index is 13.3. The van der Waals surface area contributed by atoms with Crippen LogP contribution in [0.25, 0.3) is 0 Å². The Hall–Kier alpha value is -1.53. The quantitative estimate of drug-likeness (QED) is 0.896. The summed E-state index contributed by atoms with van der Waals surface area (Å²) in [5.74, 6) is 1.72. The minimum atomic E-state index is -0.293. The maximum Gasteiger partial charge on any atom is 0.244 e. The highest BCUT2D eigenvalue weighted by Gasteiger charge is 2.35.